The third kappa shape index (κ3) is 3.37. The third-order valence-electron chi connectivity index (χ3n) is 3.80. The summed E-state index contributed by atoms with van der Waals surface area (Å²) < 4.78 is 0. The van der Waals surface area contributed by atoms with Crippen molar-refractivity contribution in [3.05, 3.63) is 52.8 Å². The highest BCUT2D eigenvalue weighted by Crippen LogP contribution is 2.34. The number of thiazole rings is 1. The SMILES string of the molecule is CC1=CC(C)=NC(C)C1c1csc(NC(=O)c2cccnc2)n1. The Hall–Kier alpha value is -2.34. The van der Waals surface area contributed by atoms with Crippen LogP contribution < -0.4 is 5.32 Å². The number of dihydropyridines is 1. The molecular formula is C17H18N4OS. The number of nitrogens with zero attached hydrogens (tertiary/aromatic N) is 3. The van der Waals surface area contributed by atoms with Crippen LogP contribution in [0.4, 0.5) is 5.13 Å². The third-order valence-corrected chi connectivity index (χ3v) is 4.58. The van der Waals surface area contributed by atoms with Crippen LogP contribution in [0.2, 0.25) is 0 Å². The molecule has 0 saturated carbocycles. The van der Waals surface area contributed by atoms with Crippen molar-refractivity contribution in [3.8, 4) is 0 Å². The van der Waals surface area contributed by atoms with Crippen LogP contribution in [0, 0.1) is 0 Å². The number of amides is 1. The van der Waals surface area contributed by atoms with E-state index in [0.29, 0.717) is 10.7 Å². The number of nitrogens with one attached hydrogen (secondary N) is 1. The number of aliphatic imine (C=N–C) groups is 1. The predicted octanol–water partition coefficient (Wildman–Crippen LogP) is 3.68. The molecule has 2 aromatic rings. The van der Waals surface area contributed by atoms with E-state index in [4.69, 9.17) is 0 Å². The minimum Gasteiger partial charge on any atom is -0.298 e. The highest BCUT2D eigenvalue weighted by Gasteiger charge is 2.26. The van der Waals surface area contributed by atoms with E-state index in [1.165, 1.54) is 23.1 Å². The molecule has 0 saturated heterocycles. The molecule has 0 bridgehead atoms. The van der Waals surface area contributed by atoms with Crippen molar-refractivity contribution >= 4 is 28.1 Å². The van der Waals surface area contributed by atoms with Crippen LogP contribution in [0.25, 0.3) is 0 Å². The Morgan fingerprint density at radius 3 is 2.87 bits per heavy atom. The lowest BCUT2D eigenvalue weighted by Gasteiger charge is -2.24. The van der Waals surface area contributed by atoms with Gasteiger partial charge in [-0.25, -0.2) is 4.98 Å². The zero-order valence-corrected chi connectivity index (χ0v) is 14.1. The number of rotatable bonds is 3. The van der Waals surface area contributed by atoms with Crippen molar-refractivity contribution < 1.29 is 4.79 Å². The maximum Gasteiger partial charge on any atom is 0.259 e. The lowest BCUT2D eigenvalue weighted by atomic mass is 9.88. The summed E-state index contributed by atoms with van der Waals surface area (Å²) in [5.74, 6) is -0.0317. The van der Waals surface area contributed by atoms with Gasteiger partial charge in [0.1, 0.15) is 0 Å². The largest absolute Gasteiger partial charge is 0.298 e. The fourth-order valence-corrected chi connectivity index (χ4v) is 3.61. The molecule has 23 heavy (non-hydrogen) atoms. The van der Waals surface area contributed by atoms with Crippen LogP contribution in [0.15, 0.2) is 46.5 Å². The fourth-order valence-electron chi connectivity index (χ4n) is 2.87. The Morgan fingerprint density at radius 2 is 2.17 bits per heavy atom. The summed E-state index contributed by atoms with van der Waals surface area (Å²) in [7, 11) is 0. The number of pyridine rings is 1. The maximum atomic E-state index is 12.2. The first-order valence-electron chi connectivity index (χ1n) is 7.44. The zero-order chi connectivity index (χ0) is 16.4. The Balaban J connectivity index is 1.76. The van der Waals surface area contributed by atoms with E-state index in [1.54, 1.807) is 18.3 Å². The van der Waals surface area contributed by atoms with Crippen molar-refractivity contribution in [2.75, 3.05) is 5.32 Å². The van der Waals surface area contributed by atoms with Gasteiger partial charge in [0, 0.05) is 29.4 Å². The van der Waals surface area contributed by atoms with Gasteiger partial charge >= 0.3 is 0 Å². The standard InChI is InChI=1S/C17H18N4OS/c1-10-7-11(2)19-12(3)15(10)14-9-23-17(20-14)21-16(22)13-5-4-6-18-8-13/h4-9,12,15H,1-3H3,(H,20,21,22). The van der Waals surface area contributed by atoms with Crippen LogP contribution in [0.1, 0.15) is 42.7 Å². The van der Waals surface area contributed by atoms with E-state index in [2.05, 4.69) is 40.2 Å². The summed E-state index contributed by atoms with van der Waals surface area (Å²) in [5, 5.41) is 5.42. The molecule has 118 valence electrons. The number of hydrogen-bond donors (Lipinski definition) is 1. The number of carbonyl (C=O) groups excluding carboxylic acids is 1. The van der Waals surface area contributed by atoms with Gasteiger partial charge in [-0.2, -0.15) is 0 Å². The van der Waals surface area contributed by atoms with Crippen LogP contribution in [0.5, 0.6) is 0 Å². The van der Waals surface area contributed by atoms with Gasteiger partial charge in [-0.15, -0.1) is 11.3 Å². The first-order chi connectivity index (χ1) is 11.0. The summed E-state index contributed by atoms with van der Waals surface area (Å²) in [4.78, 5) is 25.3. The Kier molecular flexibility index (Phi) is 4.34. The van der Waals surface area contributed by atoms with Crippen LogP contribution in [-0.2, 0) is 0 Å². The van der Waals surface area contributed by atoms with E-state index >= 15 is 0 Å². The molecule has 3 rings (SSSR count). The maximum absolute atomic E-state index is 12.2. The molecule has 1 amide bonds. The molecule has 2 atom stereocenters. The minimum absolute atomic E-state index is 0.156. The molecule has 1 aliphatic rings. The molecule has 2 aromatic heterocycles. The molecule has 0 aromatic carbocycles. The average molecular weight is 326 g/mol. The second-order valence-corrected chi connectivity index (χ2v) is 6.51. The quantitative estimate of drug-likeness (QED) is 0.935. The summed E-state index contributed by atoms with van der Waals surface area (Å²) in [6.07, 6.45) is 5.27. The van der Waals surface area contributed by atoms with Gasteiger partial charge in [0.2, 0.25) is 0 Å². The molecule has 3 heterocycles. The summed E-state index contributed by atoms with van der Waals surface area (Å²) >= 11 is 1.43. The van der Waals surface area contributed by atoms with Crippen molar-refractivity contribution in [2.24, 2.45) is 4.99 Å². The van der Waals surface area contributed by atoms with Crippen LogP contribution in [-0.4, -0.2) is 27.6 Å². The number of anilines is 1. The second kappa shape index (κ2) is 6.42. The van der Waals surface area contributed by atoms with Gasteiger partial charge in [0.15, 0.2) is 5.13 Å². The molecule has 2 unspecified atom stereocenters. The lowest BCUT2D eigenvalue weighted by Crippen LogP contribution is -2.20. The zero-order valence-electron chi connectivity index (χ0n) is 13.3. The van der Waals surface area contributed by atoms with Gasteiger partial charge in [-0.1, -0.05) is 5.57 Å². The van der Waals surface area contributed by atoms with E-state index < -0.39 is 0 Å². The molecule has 0 aliphatic carbocycles. The topological polar surface area (TPSA) is 67.2 Å². The Morgan fingerprint density at radius 1 is 1.35 bits per heavy atom. The van der Waals surface area contributed by atoms with Gasteiger partial charge in [-0.05, 0) is 39.0 Å². The number of aromatic nitrogens is 2. The Bertz CT molecular complexity index is 779. The van der Waals surface area contributed by atoms with Gasteiger partial charge in [-0.3, -0.25) is 20.1 Å². The summed E-state index contributed by atoms with van der Waals surface area (Å²) in [6.45, 7) is 6.21. The number of hydrogen-bond acceptors (Lipinski definition) is 5. The Labute approximate surface area is 139 Å². The molecule has 0 radical (unpaired) electrons. The van der Waals surface area contributed by atoms with E-state index in [1.807, 2.05) is 12.3 Å². The summed E-state index contributed by atoms with van der Waals surface area (Å²) in [5.41, 5.74) is 3.77. The van der Waals surface area contributed by atoms with Crippen molar-refractivity contribution in [3.63, 3.8) is 0 Å². The van der Waals surface area contributed by atoms with Crippen molar-refractivity contribution in [2.45, 2.75) is 32.7 Å². The fraction of sp³-hybridized carbons (Fsp3) is 0.294. The molecule has 0 spiro atoms. The van der Waals surface area contributed by atoms with Crippen molar-refractivity contribution in [1.82, 2.24) is 9.97 Å². The normalized spacial score (nSPS) is 20.7. The monoisotopic (exact) mass is 326 g/mol. The molecule has 5 nitrogen and oxygen atoms in total. The van der Waals surface area contributed by atoms with Crippen LogP contribution in [0.3, 0.4) is 0 Å². The first kappa shape index (κ1) is 15.6. The average Bonchev–Trinajstić information content (AvgIpc) is 2.95. The number of allylic oxidation sites excluding steroid dienone is 1. The molecule has 6 heteroatoms. The van der Waals surface area contributed by atoms with Gasteiger partial charge in [0.05, 0.1) is 17.3 Å². The minimum atomic E-state index is -0.197. The molecule has 1 N–H and O–H groups in total. The predicted molar refractivity (Wildman–Crippen MR) is 93.4 cm³/mol. The number of carbonyl (C=O) groups is 1. The van der Waals surface area contributed by atoms with Crippen LogP contribution >= 0.6 is 11.3 Å². The lowest BCUT2D eigenvalue weighted by molar-refractivity contribution is 0.102. The van der Waals surface area contributed by atoms with E-state index in [9.17, 15) is 4.79 Å². The second-order valence-electron chi connectivity index (χ2n) is 5.65. The molecule has 1 aliphatic heterocycles. The summed E-state index contributed by atoms with van der Waals surface area (Å²) in [6, 6.07) is 3.62. The molecular weight excluding hydrogens is 308 g/mol. The highest BCUT2D eigenvalue weighted by atomic mass is 32.1. The van der Waals surface area contributed by atoms with Gasteiger partial charge in [0.25, 0.3) is 5.91 Å². The van der Waals surface area contributed by atoms with Gasteiger partial charge < -0.3 is 0 Å². The van der Waals surface area contributed by atoms with E-state index in [-0.39, 0.29) is 17.9 Å². The highest BCUT2D eigenvalue weighted by molar-refractivity contribution is 7.14. The van der Waals surface area contributed by atoms with Crippen molar-refractivity contribution in [1.29, 1.82) is 0 Å². The first-order valence-corrected chi connectivity index (χ1v) is 8.32. The smallest absolute Gasteiger partial charge is 0.259 e. The van der Waals surface area contributed by atoms with E-state index in [0.717, 1.165) is 11.4 Å². The molecule has 0 fully saturated rings.